The third-order valence-electron chi connectivity index (χ3n) is 2.56. The molecule has 0 bridgehead atoms. The minimum atomic E-state index is -0.284. The highest BCUT2D eigenvalue weighted by atomic mass is 35.5. The quantitative estimate of drug-likeness (QED) is 0.791. The van der Waals surface area contributed by atoms with Crippen LogP contribution in [-0.2, 0) is 0 Å². The summed E-state index contributed by atoms with van der Waals surface area (Å²) >= 11 is 5.96. The molecule has 0 atom stereocenters. The molecule has 0 saturated carbocycles. The first-order valence-corrected chi connectivity index (χ1v) is 6.45. The molecule has 2 rings (SSSR count). The molecule has 0 aliphatic carbocycles. The van der Waals surface area contributed by atoms with Crippen LogP contribution in [-0.4, -0.2) is 29.1 Å². The predicted octanol–water partition coefficient (Wildman–Crippen LogP) is 2.39. The van der Waals surface area contributed by atoms with Crippen LogP contribution in [0.15, 0.2) is 42.6 Å². The number of anilines is 2. The summed E-state index contributed by atoms with van der Waals surface area (Å²) in [6.45, 7) is 0.463. The highest BCUT2D eigenvalue weighted by molar-refractivity contribution is 6.34. The number of pyridine rings is 1. The van der Waals surface area contributed by atoms with Crippen LogP contribution < -0.4 is 10.6 Å². The third kappa shape index (κ3) is 3.69. The molecule has 104 valence electrons. The maximum atomic E-state index is 12.0. The Morgan fingerprint density at radius 3 is 2.70 bits per heavy atom. The number of rotatable bonds is 5. The van der Waals surface area contributed by atoms with Gasteiger partial charge in [-0.1, -0.05) is 23.7 Å². The van der Waals surface area contributed by atoms with Crippen molar-refractivity contribution in [2.45, 2.75) is 0 Å². The van der Waals surface area contributed by atoms with Crippen LogP contribution in [0.1, 0.15) is 10.4 Å². The molecule has 1 amide bonds. The summed E-state index contributed by atoms with van der Waals surface area (Å²) < 4.78 is 0. The third-order valence-corrected chi connectivity index (χ3v) is 2.89. The number of aromatic nitrogens is 1. The van der Waals surface area contributed by atoms with E-state index < -0.39 is 0 Å². The summed E-state index contributed by atoms with van der Waals surface area (Å²) in [5, 5.41) is 14.7. The minimum absolute atomic E-state index is 0.0344. The molecule has 0 fully saturated rings. The summed E-state index contributed by atoms with van der Waals surface area (Å²) in [6.07, 6.45) is 1.54. The van der Waals surface area contributed by atoms with Gasteiger partial charge >= 0.3 is 0 Å². The lowest BCUT2D eigenvalue weighted by atomic mass is 10.2. The second kappa shape index (κ2) is 6.88. The van der Waals surface area contributed by atoms with Crippen molar-refractivity contribution in [3.05, 3.63) is 53.2 Å². The van der Waals surface area contributed by atoms with Gasteiger partial charge in [0.05, 0.1) is 29.1 Å². The van der Waals surface area contributed by atoms with Crippen LogP contribution in [0.3, 0.4) is 0 Å². The Balaban J connectivity index is 2.03. The first-order chi connectivity index (χ1) is 9.70. The van der Waals surface area contributed by atoms with Gasteiger partial charge in [0.1, 0.15) is 5.82 Å². The molecule has 2 aromatic rings. The van der Waals surface area contributed by atoms with E-state index in [1.54, 1.807) is 36.4 Å². The summed E-state index contributed by atoms with van der Waals surface area (Å²) in [4.78, 5) is 16.1. The van der Waals surface area contributed by atoms with Crippen molar-refractivity contribution < 1.29 is 9.90 Å². The van der Waals surface area contributed by atoms with Gasteiger partial charge in [-0.2, -0.15) is 0 Å². The Morgan fingerprint density at radius 1 is 1.25 bits per heavy atom. The van der Waals surface area contributed by atoms with Gasteiger partial charge in [-0.05, 0) is 24.3 Å². The maximum Gasteiger partial charge on any atom is 0.257 e. The largest absolute Gasteiger partial charge is 0.395 e. The van der Waals surface area contributed by atoms with Crippen molar-refractivity contribution in [2.24, 2.45) is 0 Å². The second-order valence-electron chi connectivity index (χ2n) is 4.02. The zero-order valence-corrected chi connectivity index (χ0v) is 11.4. The Bertz CT molecular complexity index is 587. The van der Waals surface area contributed by atoms with Crippen molar-refractivity contribution in [1.82, 2.24) is 4.98 Å². The molecule has 1 aromatic carbocycles. The van der Waals surface area contributed by atoms with Gasteiger partial charge in [-0.3, -0.25) is 4.79 Å². The van der Waals surface area contributed by atoms with Gasteiger partial charge in [-0.25, -0.2) is 4.98 Å². The summed E-state index contributed by atoms with van der Waals surface area (Å²) in [5.41, 5.74) is 0.987. The number of halogens is 1. The molecule has 20 heavy (non-hydrogen) atoms. The number of carbonyl (C=O) groups is 1. The van der Waals surface area contributed by atoms with E-state index in [2.05, 4.69) is 15.6 Å². The SMILES string of the molecule is O=C(Nc1ccc(NCCO)nc1)c1ccccc1Cl. The lowest BCUT2D eigenvalue weighted by Gasteiger charge is -2.07. The van der Waals surface area contributed by atoms with Crippen molar-refractivity contribution >= 4 is 29.0 Å². The first kappa shape index (κ1) is 14.3. The van der Waals surface area contributed by atoms with E-state index in [4.69, 9.17) is 16.7 Å². The average molecular weight is 292 g/mol. The van der Waals surface area contributed by atoms with Gasteiger partial charge in [0.25, 0.3) is 5.91 Å². The topological polar surface area (TPSA) is 74.2 Å². The second-order valence-corrected chi connectivity index (χ2v) is 4.42. The molecule has 3 N–H and O–H groups in total. The molecule has 0 spiro atoms. The van der Waals surface area contributed by atoms with Crippen LogP contribution in [0.4, 0.5) is 11.5 Å². The Kier molecular flexibility index (Phi) is 4.92. The highest BCUT2D eigenvalue weighted by Crippen LogP contribution is 2.17. The fourth-order valence-electron chi connectivity index (χ4n) is 1.60. The standard InChI is InChI=1S/C14H14ClN3O2/c15-12-4-2-1-3-11(12)14(20)18-10-5-6-13(17-9-10)16-7-8-19/h1-6,9,19H,7-8H2,(H,16,17)(H,18,20). The predicted molar refractivity (Wildman–Crippen MR) is 79.2 cm³/mol. The molecule has 1 aromatic heterocycles. The van der Waals surface area contributed by atoms with Crippen molar-refractivity contribution in [3.63, 3.8) is 0 Å². The van der Waals surface area contributed by atoms with Crippen molar-refractivity contribution in [2.75, 3.05) is 23.8 Å². The van der Waals surface area contributed by atoms with Gasteiger partial charge in [-0.15, -0.1) is 0 Å². The van der Waals surface area contributed by atoms with E-state index in [1.165, 1.54) is 6.20 Å². The van der Waals surface area contributed by atoms with Gasteiger partial charge in [0.2, 0.25) is 0 Å². The van der Waals surface area contributed by atoms with E-state index in [0.717, 1.165) is 0 Å². The van der Waals surface area contributed by atoms with Gasteiger partial charge in [0.15, 0.2) is 0 Å². The number of aliphatic hydroxyl groups is 1. The number of nitrogens with zero attached hydrogens (tertiary/aromatic N) is 1. The number of hydrogen-bond donors (Lipinski definition) is 3. The lowest BCUT2D eigenvalue weighted by molar-refractivity contribution is 0.102. The number of amides is 1. The zero-order chi connectivity index (χ0) is 14.4. The Hall–Kier alpha value is -2.11. The van der Waals surface area contributed by atoms with Crippen molar-refractivity contribution in [1.29, 1.82) is 0 Å². The summed E-state index contributed by atoms with van der Waals surface area (Å²) in [5.74, 6) is 0.350. The van der Waals surface area contributed by atoms with E-state index in [9.17, 15) is 4.79 Å². The van der Waals surface area contributed by atoms with E-state index >= 15 is 0 Å². The number of benzene rings is 1. The lowest BCUT2D eigenvalue weighted by Crippen LogP contribution is -2.13. The van der Waals surface area contributed by atoms with Gasteiger partial charge < -0.3 is 15.7 Å². The smallest absolute Gasteiger partial charge is 0.257 e. The van der Waals surface area contributed by atoms with Crippen LogP contribution in [0, 0.1) is 0 Å². The molecule has 0 aliphatic heterocycles. The molecule has 0 radical (unpaired) electrons. The molecule has 0 aliphatic rings. The van der Waals surface area contributed by atoms with Gasteiger partial charge in [0, 0.05) is 6.54 Å². The molecule has 0 saturated heterocycles. The molecule has 6 heteroatoms. The van der Waals surface area contributed by atoms with Crippen LogP contribution >= 0.6 is 11.6 Å². The molecular formula is C14H14ClN3O2. The number of aliphatic hydroxyl groups excluding tert-OH is 1. The minimum Gasteiger partial charge on any atom is -0.395 e. The fourth-order valence-corrected chi connectivity index (χ4v) is 1.82. The van der Waals surface area contributed by atoms with E-state index in [-0.39, 0.29) is 12.5 Å². The van der Waals surface area contributed by atoms with E-state index in [1.807, 2.05) is 0 Å². The fraction of sp³-hybridized carbons (Fsp3) is 0.143. The first-order valence-electron chi connectivity index (χ1n) is 6.07. The monoisotopic (exact) mass is 291 g/mol. The Morgan fingerprint density at radius 2 is 2.05 bits per heavy atom. The molecule has 5 nitrogen and oxygen atoms in total. The van der Waals surface area contributed by atoms with Crippen LogP contribution in [0.25, 0.3) is 0 Å². The maximum absolute atomic E-state index is 12.0. The Labute approximate surface area is 121 Å². The zero-order valence-electron chi connectivity index (χ0n) is 10.6. The van der Waals surface area contributed by atoms with Crippen LogP contribution in [0.5, 0.6) is 0 Å². The average Bonchev–Trinajstić information content (AvgIpc) is 2.47. The molecule has 0 unspecified atom stereocenters. The highest BCUT2D eigenvalue weighted by Gasteiger charge is 2.09. The molecular weight excluding hydrogens is 278 g/mol. The summed E-state index contributed by atoms with van der Waals surface area (Å²) in [6, 6.07) is 10.3. The number of hydrogen-bond acceptors (Lipinski definition) is 4. The number of carbonyl (C=O) groups excluding carboxylic acids is 1. The van der Waals surface area contributed by atoms with Crippen LogP contribution in [0.2, 0.25) is 5.02 Å². The summed E-state index contributed by atoms with van der Waals surface area (Å²) in [7, 11) is 0. The molecule has 1 heterocycles. The van der Waals surface area contributed by atoms with E-state index in [0.29, 0.717) is 28.6 Å². The van der Waals surface area contributed by atoms with Crippen molar-refractivity contribution in [3.8, 4) is 0 Å². The number of nitrogens with one attached hydrogen (secondary N) is 2. The normalized spacial score (nSPS) is 10.1.